The van der Waals surface area contributed by atoms with Gasteiger partial charge in [-0.2, -0.15) is 0 Å². The van der Waals surface area contributed by atoms with Gasteiger partial charge < -0.3 is 24.6 Å². The van der Waals surface area contributed by atoms with Gasteiger partial charge in [0, 0.05) is 13.0 Å². The van der Waals surface area contributed by atoms with Gasteiger partial charge in [-0.3, -0.25) is 13.8 Å². The van der Waals surface area contributed by atoms with Crippen LogP contribution in [0.1, 0.15) is 206 Å². The van der Waals surface area contributed by atoms with Crippen LogP contribution in [0.25, 0.3) is 0 Å². The molecule has 3 atom stereocenters. The summed E-state index contributed by atoms with van der Waals surface area (Å²) in [5.41, 5.74) is 0. The fourth-order valence-corrected chi connectivity index (χ4v) is 6.91. The Morgan fingerprint density at radius 1 is 0.577 bits per heavy atom. The lowest BCUT2D eigenvalue weighted by molar-refractivity contribution is -0.154. The highest BCUT2D eigenvalue weighted by atomic mass is 31.2. The molecule has 310 valence electrons. The first-order valence-electron chi connectivity index (χ1n) is 21.7. The van der Waals surface area contributed by atoms with Crippen molar-refractivity contribution in [3.8, 4) is 0 Å². The zero-order valence-corrected chi connectivity index (χ0v) is 34.7. The molecular weight excluding hydrogens is 679 g/mol. The highest BCUT2D eigenvalue weighted by molar-refractivity contribution is 7.47. The van der Waals surface area contributed by atoms with E-state index in [1.165, 1.54) is 135 Å². The van der Waals surface area contributed by atoms with Crippen LogP contribution in [0.3, 0.4) is 0 Å². The predicted octanol–water partition coefficient (Wildman–Crippen LogP) is 11.7. The number of phosphoric ester groups is 1. The maximum Gasteiger partial charge on any atom is 0.472 e. The molecule has 0 bridgehead atoms. The summed E-state index contributed by atoms with van der Waals surface area (Å²) < 4.78 is 33.3. The molecule has 3 unspecified atom stereocenters. The third-order valence-electron chi connectivity index (χ3n) is 9.45. The number of carbonyl (C=O) groups is 1. The number of aliphatic hydroxyl groups is 2. The number of rotatable bonds is 42. The van der Waals surface area contributed by atoms with E-state index in [1.807, 2.05) is 0 Å². The van der Waals surface area contributed by atoms with Crippen LogP contribution in [-0.2, 0) is 27.9 Å². The third-order valence-corrected chi connectivity index (χ3v) is 10.4. The Morgan fingerprint density at radius 3 is 1.44 bits per heavy atom. The van der Waals surface area contributed by atoms with Crippen molar-refractivity contribution in [2.24, 2.45) is 0 Å². The van der Waals surface area contributed by atoms with Crippen LogP contribution in [0.5, 0.6) is 0 Å². The fourth-order valence-electron chi connectivity index (χ4n) is 6.12. The average molecular weight is 763 g/mol. The minimum Gasteiger partial charge on any atom is -0.457 e. The summed E-state index contributed by atoms with van der Waals surface area (Å²) in [4.78, 5) is 22.6. The minimum absolute atomic E-state index is 0.0517. The van der Waals surface area contributed by atoms with Crippen molar-refractivity contribution >= 4 is 13.8 Å². The first kappa shape index (κ1) is 51.2. The molecule has 52 heavy (non-hydrogen) atoms. The zero-order valence-electron chi connectivity index (χ0n) is 33.8. The van der Waals surface area contributed by atoms with Crippen molar-refractivity contribution in [2.45, 2.75) is 219 Å². The quantitative estimate of drug-likeness (QED) is 0.0241. The van der Waals surface area contributed by atoms with E-state index in [0.717, 1.165) is 51.4 Å². The van der Waals surface area contributed by atoms with E-state index in [-0.39, 0.29) is 25.6 Å². The Kier molecular flexibility index (Phi) is 39.3. The highest BCUT2D eigenvalue weighted by Gasteiger charge is 2.26. The molecule has 0 radical (unpaired) electrons. The minimum atomic E-state index is -4.51. The lowest BCUT2D eigenvalue weighted by Crippen LogP contribution is -2.29. The van der Waals surface area contributed by atoms with Crippen molar-refractivity contribution in [1.82, 2.24) is 0 Å². The number of phosphoric acid groups is 1. The molecule has 0 spiro atoms. The molecular formula is C42H83O9P. The molecule has 0 aromatic carbocycles. The van der Waals surface area contributed by atoms with Gasteiger partial charge in [0.05, 0.1) is 26.4 Å². The molecule has 0 aliphatic heterocycles. The van der Waals surface area contributed by atoms with Gasteiger partial charge in [-0.05, 0) is 38.5 Å². The molecule has 0 fully saturated rings. The third kappa shape index (κ3) is 38.9. The van der Waals surface area contributed by atoms with Crippen molar-refractivity contribution in [3.63, 3.8) is 0 Å². The van der Waals surface area contributed by atoms with Crippen molar-refractivity contribution in [1.29, 1.82) is 0 Å². The van der Waals surface area contributed by atoms with Crippen LogP contribution in [-0.4, -0.2) is 66.3 Å². The Morgan fingerprint density at radius 2 is 0.981 bits per heavy atom. The van der Waals surface area contributed by atoms with Gasteiger partial charge in [0.15, 0.2) is 0 Å². The van der Waals surface area contributed by atoms with Crippen LogP contribution in [0, 0.1) is 0 Å². The number of hydrogen-bond donors (Lipinski definition) is 3. The maximum absolute atomic E-state index is 12.6. The number of hydrogen-bond acceptors (Lipinski definition) is 8. The summed E-state index contributed by atoms with van der Waals surface area (Å²) in [7, 11) is -4.51. The van der Waals surface area contributed by atoms with Gasteiger partial charge in [0.1, 0.15) is 12.2 Å². The van der Waals surface area contributed by atoms with Crippen molar-refractivity contribution in [2.75, 3.05) is 33.0 Å². The second kappa shape index (κ2) is 39.9. The monoisotopic (exact) mass is 763 g/mol. The fraction of sp³-hybridized carbons (Fsp3) is 0.929. The van der Waals surface area contributed by atoms with E-state index >= 15 is 0 Å². The van der Waals surface area contributed by atoms with Crippen LogP contribution < -0.4 is 0 Å². The lowest BCUT2D eigenvalue weighted by Gasteiger charge is -2.20. The number of allylic oxidation sites excluding steroid dienone is 2. The Balaban J connectivity index is 4.16. The summed E-state index contributed by atoms with van der Waals surface area (Å²) in [6.07, 6.45) is 38.8. The number of unbranched alkanes of at least 4 members (excludes halogenated alkanes) is 26. The molecule has 0 aromatic rings. The van der Waals surface area contributed by atoms with Gasteiger partial charge in [-0.25, -0.2) is 4.57 Å². The van der Waals surface area contributed by atoms with E-state index in [4.69, 9.17) is 23.6 Å². The Bertz CT molecular complexity index is 825. The van der Waals surface area contributed by atoms with Gasteiger partial charge in [0.25, 0.3) is 0 Å². The maximum atomic E-state index is 12.6. The van der Waals surface area contributed by atoms with Gasteiger partial charge in [0.2, 0.25) is 0 Å². The summed E-state index contributed by atoms with van der Waals surface area (Å²) in [5.74, 6) is -0.387. The first-order chi connectivity index (χ1) is 25.3. The largest absolute Gasteiger partial charge is 0.472 e. The van der Waals surface area contributed by atoms with Crippen LogP contribution >= 0.6 is 7.82 Å². The molecule has 10 heteroatoms. The van der Waals surface area contributed by atoms with Crippen LogP contribution in [0.15, 0.2) is 12.2 Å². The van der Waals surface area contributed by atoms with Gasteiger partial charge >= 0.3 is 13.8 Å². The van der Waals surface area contributed by atoms with E-state index in [9.17, 15) is 19.4 Å². The van der Waals surface area contributed by atoms with E-state index in [1.54, 1.807) is 0 Å². The normalized spacial score (nSPS) is 14.2. The standard InChI is InChI=1S/C42H83O9P/c1-3-5-7-9-11-13-15-17-19-20-22-24-26-28-30-32-34-42(45)51-41(39-50-52(46,47)49-37-40(44)36-43)38-48-35-33-31-29-27-25-23-21-18-16-14-12-10-8-6-4-2/h19-20,40-41,43-44H,3-18,21-39H2,1-2H3,(H,46,47)/b20-19-. The molecule has 0 heterocycles. The first-order valence-corrected chi connectivity index (χ1v) is 23.2. The topological polar surface area (TPSA) is 132 Å². The molecule has 3 N–H and O–H groups in total. The Hall–Kier alpha value is -0.800. The smallest absolute Gasteiger partial charge is 0.457 e. The molecule has 0 rings (SSSR count). The molecule has 9 nitrogen and oxygen atoms in total. The van der Waals surface area contributed by atoms with E-state index in [0.29, 0.717) is 6.61 Å². The SMILES string of the molecule is CCCCCCCCC/C=C\CCCCCCCC(=O)OC(COCCCCCCCCCCCCCCCCC)COP(=O)(O)OCC(O)CO. The second-order valence-corrected chi connectivity index (χ2v) is 16.2. The highest BCUT2D eigenvalue weighted by Crippen LogP contribution is 2.43. The average Bonchev–Trinajstić information content (AvgIpc) is 3.13. The molecule has 0 saturated heterocycles. The summed E-state index contributed by atoms with van der Waals surface area (Å²) in [6, 6.07) is 0. The van der Waals surface area contributed by atoms with Crippen molar-refractivity contribution in [3.05, 3.63) is 12.2 Å². The molecule has 0 aromatic heterocycles. The number of esters is 1. The molecule has 0 aliphatic carbocycles. The van der Waals surface area contributed by atoms with Gasteiger partial charge in [-0.1, -0.05) is 174 Å². The Labute approximate surface area is 320 Å². The lowest BCUT2D eigenvalue weighted by atomic mass is 10.0. The number of aliphatic hydroxyl groups excluding tert-OH is 2. The van der Waals surface area contributed by atoms with E-state index < -0.39 is 33.2 Å². The molecule has 0 saturated carbocycles. The second-order valence-electron chi connectivity index (χ2n) is 14.7. The van der Waals surface area contributed by atoms with Crippen LogP contribution in [0.4, 0.5) is 0 Å². The summed E-state index contributed by atoms with van der Waals surface area (Å²) >= 11 is 0. The number of ether oxygens (including phenoxy) is 2. The number of carbonyl (C=O) groups excluding carboxylic acids is 1. The van der Waals surface area contributed by atoms with Gasteiger partial charge in [-0.15, -0.1) is 0 Å². The summed E-state index contributed by atoms with van der Waals surface area (Å²) in [6.45, 7) is 3.54. The molecule has 0 amide bonds. The van der Waals surface area contributed by atoms with Crippen molar-refractivity contribution < 1.29 is 43.0 Å². The zero-order chi connectivity index (χ0) is 38.2. The van der Waals surface area contributed by atoms with E-state index in [2.05, 4.69) is 26.0 Å². The summed E-state index contributed by atoms with van der Waals surface area (Å²) in [5, 5.41) is 18.3. The predicted molar refractivity (Wildman–Crippen MR) is 215 cm³/mol. The van der Waals surface area contributed by atoms with Crippen LogP contribution in [0.2, 0.25) is 0 Å². The molecule has 0 aliphatic rings.